The third kappa shape index (κ3) is 39.5. The molecule has 0 amide bonds. The zero-order valence-electron chi connectivity index (χ0n) is 6.93. The molecule has 0 rings (SSSR count). The highest BCUT2D eigenvalue weighted by atomic mass is 35.7. The summed E-state index contributed by atoms with van der Waals surface area (Å²) in [4.78, 5) is 1.59. The molecule has 0 aromatic heterocycles. The van der Waals surface area contributed by atoms with Crippen molar-refractivity contribution in [1.29, 1.82) is 0 Å². The molecule has 0 aromatic carbocycles. The lowest BCUT2D eigenvalue weighted by atomic mass is 10.6. The van der Waals surface area contributed by atoms with Gasteiger partial charge in [0.15, 0.2) is 0 Å². The standard InChI is InChI=1S/C5H13N.ClHO4/c1-4-6(3)5-2;2-1(3,4)5/h4-5H2,1-3H3;(H,2,3,4,5). The molecular formula is C5H14ClNO4. The Labute approximate surface area is 68.6 Å². The van der Waals surface area contributed by atoms with E-state index in [2.05, 4.69) is 20.9 Å². The van der Waals surface area contributed by atoms with E-state index < -0.39 is 10.2 Å². The number of nitrogens with one attached hydrogen (secondary N) is 1. The second-order valence-corrected chi connectivity index (χ2v) is 2.80. The van der Waals surface area contributed by atoms with Crippen molar-refractivity contribution < 1.29 is 33.8 Å². The Morgan fingerprint density at radius 3 is 1.18 bits per heavy atom. The summed E-state index contributed by atoms with van der Waals surface area (Å²) in [6, 6.07) is 0. The van der Waals surface area contributed by atoms with Crippen LogP contribution in [0.1, 0.15) is 13.8 Å². The van der Waals surface area contributed by atoms with E-state index in [1.54, 1.807) is 4.90 Å². The maximum Gasteiger partial charge on any atom is 0.0740 e. The summed E-state index contributed by atoms with van der Waals surface area (Å²) in [6.07, 6.45) is 0. The quantitative estimate of drug-likeness (QED) is 0.467. The van der Waals surface area contributed by atoms with Crippen LogP contribution in [0.25, 0.3) is 0 Å². The average molecular weight is 188 g/mol. The van der Waals surface area contributed by atoms with Crippen molar-refractivity contribution in [1.82, 2.24) is 0 Å². The normalized spacial score (nSPS) is 10.9. The molecule has 0 saturated carbocycles. The number of halogens is 1. The van der Waals surface area contributed by atoms with Crippen LogP contribution in [0.15, 0.2) is 0 Å². The Bertz CT molecular complexity index is 75.0. The highest BCUT2D eigenvalue weighted by Crippen LogP contribution is 1.49. The van der Waals surface area contributed by atoms with E-state index in [-0.39, 0.29) is 0 Å². The smallest absolute Gasteiger partial charge is 0.0740 e. The second kappa shape index (κ2) is 6.78. The maximum atomic E-state index is 8.49. The first-order chi connectivity index (χ1) is 4.81. The van der Waals surface area contributed by atoms with Gasteiger partial charge in [0.05, 0.1) is 20.1 Å². The molecule has 0 radical (unpaired) electrons. The van der Waals surface area contributed by atoms with Gasteiger partial charge in [-0.1, -0.05) is 0 Å². The Hall–Kier alpha value is 0.0900. The van der Waals surface area contributed by atoms with Gasteiger partial charge in [0.1, 0.15) is 0 Å². The molecule has 0 spiro atoms. The molecule has 11 heavy (non-hydrogen) atoms. The van der Waals surface area contributed by atoms with Crippen molar-refractivity contribution in [2.24, 2.45) is 0 Å². The summed E-state index contributed by atoms with van der Waals surface area (Å²) < 4.78 is 34.0. The summed E-state index contributed by atoms with van der Waals surface area (Å²) in [7, 11) is -2.75. The molecule has 0 aliphatic rings. The lowest BCUT2D eigenvalue weighted by Gasteiger charge is -2.17. The van der Waals surface area contributed by atoms with E-state index in [1.165, 1.54) is 13.1 Å². The zero-order valence-corrected chi connectivity index (χ0v) is 7.68. The third-order valence-electron chi connectivity index (χ3n) is 1.21. The molecule has 6 heteroatoms. The van der Waals surface area contributed by atoms with Gasteiger partial charge in [-0.25, -0.2) is 18.6 Å². The SMILES string of the molecule is CC[NH+](C)CC.[O-][Cl+3]([O-])([O-])[O-]. The first-order valence-electron chi connectivity index (χ1n) is 3.24. The number of hydrogen-bond donors (Lipinski definition) is 1. The Kier molecular flexibility index (Phi) is 8.42. The summed E-state index contributed by atoms with van der Waals surface area (Å²) in [5.41, 5.74) is 0. The van der Waals surface area contributed by atoms with Gasteiger partial charge < -0.3 is 4.90 Å². The lowest BCUT2D eigenvalue weighted by molar-refractivity contribution is -2.00. The van der Waals surface area contributed by atoms with Crippen LogP contribution in [-0.2, 0) is 0 Å². The number of hydrogen-bond acceptors (Lipinski definition) is 4. The van der Waals surface area contributed by atoms with Gasteiger partial charge in [-0.3, -0.25) is 0 Å². The first-order valence-corrected chi connectivity index (χ1v) is 4.47. The monoisotopic (exact) mass is 187 g/mol. The van der Waals surface area contributed by atoms with E-state index in [9.17, 15) is 0 Å². The molecule has 70 valence electrons. The molecular weight excluding hydrogens is 174 g/mol. The molecule has 0 unspecified atom stereocenters. The Balaban J connectivity index is 0. The van der Waals surface area contributed by atoms with Gasteiger partial charge >= 0.3 is 0 Å². The second-order valence-electron chi connectivity index (χ2n) is 2.04. The van der Waals surface area contributed by atoms with Crippen molar-refractivity contribution in [3.05, 3.63) is 0 Å². The number of rotatable bonds is 2. The van der Waals surface area contributed by atoms with Gasteiger partial charge in [-0.15, -0.1) is 10.2 Å². The summed E-state index contributed by atoms with van der Waals surface area (Å²) in [6.45, 7) is 6.88. The molecule has 0 heterocycles. The molecule has 0 atom stereocenters. The minimum Gasteiger partial charge on any atom is -0.338 e. The molecule has 0 aromatic rings. The first kappa shape index (κ1) is 13.7. The van der Waals surface area contributed by atoms with E-state index >= 15 is 0 Å². The van der Waals surface area contributed by atoms with Gasteiger partial charge in [0.2, 0.25) is 0 Å². The van der Waals surface area contributed by atoms with Crippen LogP contribution in [0.2, 0.25) is 0 Å². The van der Waals surface area contributed by atoms with Gasteiger partial charge in [-0.2, -0.15) is 0 Å². The topological polar surface area (TPSA) is 96.7 Å². The van der Waals surface area contributed by atoms with E-state index in [0.29, 0.717) is 0 Å². The third-order valence-corrected chi connectivity index (χ3v) is 1.21. The van der Waals surface area contributed by atoms with Crippen LogP contribution in [0.4, 0.5) is 0 Å². The number of quaternary nitrogens is 1. The van der Waals surface area contributed by atoms with Crippen LogP contribution < -0.4 is 23.5 Å². The molecule has 0 aliphatic carbocycles. The van der Waals surface area contributed by atoms with Crippen molar-refractivity contribution in [2.75, 3.05) is 20.1 Å². The maximum absolute atomic E-state index is 8.49. The molecule has 0 bridgehead atoms. The van der Waals surface area contributed by atoms with Crippen molar-refractivity contribution >= 4 is 0 Å². The zero-order chi connectivity index (χ0) is 9.49. The molecule has 0 aliphatic heterocycles. The van der Waals surface area contributed by atoms with Crippen LogP contribution in [0.3, 0.4) is 0 Å². The van der Waals surface area contributed by atoms with Crippen LogP contribution in [-0.4, -0.2) is 20.1 Å². The fraction of sp³-hybridized carbons (Fsp3) is 1.00. The minimum absolute atomic E-state index is 1.25. The van der Waals surface area contributed by atoms with Crippen LogP contribution >= 0.6 is 0 Å². The van der Waals surface area contributed by atoms with Crippen molar-refractivity contribution in [3.8, 4) is 0 Å². The highest BCUT2D eigenvalue weighted by Gasteiger charge is 1.85. The van der Waals surface area contributed by atoms with Crippen molar-refractivity contribution in [2.45, 2.75) is 13.8 Å². The van der Waals surface area contributed by atoms with E-state index in [4.69, 9.17) is 18.6 Å². The van der Waals surface area contributed by atoms with Crippen LogP contribution in [0.5, 0.6) is 0 Å². The van der Waals surface area contributed by atoms with E-state index in [1.807, 2.05) is 0 Å². The van der Waals surface area contributed by atoms with E-state index in [0.717, 1.165) is 0 Å². The fourth-order valence-corrected chi connectivity index (χ4v) is 0.250. The molecule has 0 saturated heterocycles. The predicted molar refractivity (Wildman–Crippen MR) is 28.0 cm³/mol. The van der Waals surface area contributed by atoms with Gasteiger partial charge in [0, 0.05) is 0 Å². The highest BCUT2D eigenvalue weighted by molar-refractivity contribution is 4.03. The van der Waals surface area contributed by atoms with Gasteiger partial charge in [0.25, 0.3) is 0 Å². The van der Waals surface area contributed by atoms with Gasteiger partial charge in [-0.05, 0) is 13.8 Å². The molecule has 0 fully saturated rings. The molecule has 5 nitrogen and oxygen atoms in total. The summed E-state index contributed by atoms with van der Waals surface area (Å²) in [5.74, 6) is 0. The Morgan fingerprint density at radius 1 is 1.00 bits per heavy atom. The fourth-order valence-electron chi connectivity index (χ4n) is 0.250. The molecule has 1 N–H and O–H groups in total. The Morgan fingerprint density at radius 2 is 1.18 bits per heavy atom. The average Bonchev–Trinajstić information content (AvgIpc) is 1.83. The predicted octanol–water partition coefficient (Wildman–Crippen LogP) is -5.22. The largest absolute Gasteiger partial charge is 0.338 e. The summed E-state index contributed by atoms with van der Waals surface area (Å²) in [5, 5.41) is 0. The minimum atomic E-state index is -4.94. The lowest BCUT2D eigenvalue weighted by Crippen LogP contribution is -3.08. The van der Waals surface area contributed by atoms with Crippen LogP contribution in [0, 0.1) is 10.2 Å². The van der Waals surface area contributed by atoms with Crippen molar-refractivity contribution in [3.63, 3.8) is 0 Å². The summed E-state index contributed by atoms with van der Waals surface area (Å²) >= 11 is 0.